The highest BCUT2D eigenvalue weighted by atomic mass is 19.3. The number of halogens is 4. The van der Waals surface area contributed by atoms with Crippen molar-refractivity contribution in [2.45, 2.75) is 57.2 Å². The van der Waals surface area contributed by atoms with E-state index < -0.39 is 12.5 Å². The molecule has 3 atom stereocenters. The number of rotatable bonds is 6. The molecule has 0 amide bonds. The monoisotopic (exact) mass is 451 g/mol. The minimum atomic E-state index is -3.00. The van der Waals surface area contributed by atoms with E-state index in [0.717, 1.165) is 12.1 Å². The molecule has 5 rings (SSSR count). The Morgan fingerprint density at radius 3 is 2.62 bits per heavy atom. The lowest BCUT2D eigenvalue weighted by Crippen LogP contribution is -2.33. The van der Waals surface area contributed by atoms with Crippen LogP contribution in [-0.4, -0.2) is 51.3 Å². The van der Waals surface area contributed by atoms with Gasteiger partial charge in [0, 0.05) is 48.4 Å². The first kappa shape index (κ1) is 21.2. The molecule has 10 heteroatoms. The van der Waals surface area contributed by atoms with Crippen LogP contribution in [0.3, 0.4) is 0 Å². The van der Waals surface area contributed by atoms with Crippen LogP contribution in [0.2, 0.25) is 0 Å². The molecule has 0 radical (unpaired) electrons. The van der Waals surface area contributed by atoms with Crippen molar-refractivity contribution in [3.05, 3.63) is 35.7 Å². The molecule has 1 saturated carbocycles. The number of nitrogens with zero attached hydrogens (tertiary/aromatic N) is 4. The number of hydrogen-bond acceptors (Lipinski definition) is 5. The summed E-state index contributed by atoms with van der Waals surface area (Å²) in [6.45, 7) is 1.31. The van der Waals surface area contributed by atoms with E-state index in [1.165, 1.54) is 17.8 Å². The highest BCUT2D eigenvalue weighted by Crippen LogP contribution is 2.61. The first-order chi connectivity index (χ1) is 15.1. The van der Waals surface area contributed by atoms with Crippen molar-refractivity contribution in [3.63, 3.8) is 0 Å². The predicted octanol–water partition coefficient (Wildman–Crippen LogP) is 4.46. The van der Waals surface area contributed by atoms with Crippen LogP contribution in [0.25, 0.3) is 11.3 Å². The minimum Gasteiger partial charge on any atom is -0.431 e. The molecule has 0 unspecified atom stereocenters. The van der Waals surface area contributed by atoms with Crippen molar-refractivity contribution >= 4 is 5.82 Å². The Hall–Kier alpha value is -2.62. The molecule has 2 aliphatic carbocycles. The third kappa shape index (κ3) is 3.74. The standard InChI is InChI=1S/C22H25F4N5O/c1-11(2)31-17(8-16(29-31)12-5-18(32-21(23)24)20(27)28-9-12)19-14-6-13(7-15(14)19)30-4-3-22(25,26)10-30/h5-6,8-9,11,13,15,19,21H,3-4,7,10H2,1-2H3,(H2,27,28)/t13-,15-,19-/m1/s1. The number of likely N-dealkylation sites (tertiary alicyclic amines) is 1. The van der Waals surface area contributed by atoms with Crippen molar-refractivity contribution in [1.82, 2.24) is 19.7 Å². The van der Waals surface area contributed by atoms with E-state index >= 15 is 0 Å². The van der Waals surface area contributed by atoms with Crippen LogP contribution >= 0.6 is 0 Å². The maximum atomic E-state index is 13.6. The van der Waals surface area contributed by atoms with Gasteiger partial charge in [-0.25, -0.2) is 13.8 Å². The second kappa shape index (κ2) is 7.47. The molecule has 2 fully saturated rings. The molecule has 1 aliphatic heterocycles. The van der Waals surface area contributed by atoms with E-state index in [4.69, 9.17) is 5.73 Å². The van der Waals surface area contributed by atoms with Crippen molar-refractivity contribution in [1.29, 1.82) is 0 Å². The Morgan fingerprint density at radius 2 is 2.03 bits per heavy atom. The van der Waals surface area contributed by atoms with Gasteiger partial charge in [-0.05, 0) is 38.3 Å². The van der Waals surface area contributed by atoms with E-state index in [1.807, 2.05) is 29.5 Å². The van der Waals surface area contributed by atoms with Crippen LogP contribution < -0.4 is 10.5 Å². The lowest BCUT2D eigenvalue weighted by Gasteiger charge is -2.23. The quantitative estimate of drug-likeness (QED) is 0.519. The third-order valence-electron chi connectivity index (χ3n) is 6.59. The van der Waals surface area contributed by atoms with Gasteiger partial charge in [0.15, 0.2) is 11.6 Å². The van der Waals surface area contributed by atoms with Crippen LogP contribution in [0.15, 0.2) is 30.0 Å². The molecule has 0 bridgehead atoms. The van der Waals surface area contributed by atoms with Gasteiger partial charge < -0.3 is 10.5 Å². The number of pyridine rings is 1. The molecule has 32 heavy (non-hydrogen) atoms. The average molecular weight is 451 g/mol. The second-order valence-corrected chi connectivity index (χ2v) is 9.11. The summed E-state index contributed by atoms with van der Waals surface area (Å²) < 4.78 is 58.9. The van der Waals surface area contributed by atoms with E-state index in [2.05, 4.69) is 20.9 Å². The fourth-order valence-corrected chi connectivity index (χ4v) is 5.05. The van der Waals surface area contributed by atoms with E-state index in [-0.39, 0.29) is 42.5 Å². The van der Waals surface area contributed by atoms with Crippen LogP contribution in [0.1, 0.15) is 44.3 Å². The smallest absolute Gasteiger partial charge is 0.387 e. The zero-order valence-electron chi connectivity index (χ0n) is 17.8. The summed E-state index contributed by atoms with van der Waals surface area (Å²) in [5.41, 5.74) is 9.09. The number of alkyl halides is 4. The summed E-state index contributed by atoms with van der Waals surface area (Å²) in [5.74, 6) is -2.35. The topological polar surface area (TPSA) is 69.2 Å². The second-order valence-electron chi connectivity index (χ2n) is 9.11. The summed E-state index contributed by atoms with van der Waals surface area (Å²) in [7, 11) is 0. The average Bonchev–Trinajstić information content (AvgIpc) is 3.13. The molecular weight excluding hydrogens is 426 g/mol. The van der Waals surface area contributed by atoms with Crippen LogP contribution in [0, 0.1) is 5.92 Å². The summed E-state index contributed by atoms with van der Waals surface area (Å²) >= 11 is 0. The number of nitrogen functional groups attached to an aromatic ring is 1. The van der Waals surface area contributed by atoms with Crippen molar-refractivity contribution < 1.29 is 22.3 Å². The largest absolute Gasteiger partial charge is 0.431 e. The molecular formula is C22H25F4N5O. The van der Waals surface area contributed by atoms with Crippen molar-refractivity contribution in [2.24, 2.45) is 5.92 Å². The van der Waals surface area contributed by atoms with E-state index in [1.54, 1.807) is 0 Å². The molecule has 172 valence electrons. The molecule has 2 aromatic heterocycles. The van der Waals surface area contributed by atoms with Gasteiger partial charge in [-0.1, -0.05) is 11.6 Å². The van der Waals surface area contributed by atoms with Gasteiger partial charge in [0.1, 0.15) is 0 Å². The number of nitrogens with two attached hydrogens (primary N) is 1. The van der Waals surface area contributed by atoms with E-state index in [0.29, 0.717) is 23.7 Å². The summed E-state index contributed by atoms with van der Waals surface area (Å²) in [5, 5.41) is 4.69. The zero-order valence-corrected chi connectivity index (χ0v) is 17.8. The molecule has 1 saturated heterocycles. The Bertz CT molecular complexity index is 1070. The Kier molecular flexibility index (Phi) is 4.96. The normalized spacial score (nSPS) is 26.6. The minimum absolute atomic E-state index is 0.0723. The number of ether oxygens (including phenoxy) is 1. The number of fused-ring (bicyclic) bond motifs is 1. The Labute approximate surface area is 183 Å². The van der Waals surface area contributed by atoms with Gasteiger partial charge in [0.2, 0.25) is 0 Å². The zero-order chi connectivity index (χ0) is 22.8. The van der Waals surface area contributed by atoms with Crippen LogP contribution in [-0.2, 0) is 0 Å². The van der Waals surface area contributed by atoms with Gasteiger partial charge in [0.05, 0.1) is 12.2 Å². The highest BCUT2D eigenvalue weighted by Gasteiger charge is 2.54. The van der Waals surface area contributed by atoms with Gasteiger partial charge in [-0.15, -0.1) is 0 Å². The molecule has 2 N–H and O–H groups in total. The molecule has 2 aromatic rings. The SMILES string of the molecule is CC(C)n1nc(-c2cnc(N)c(OC(F)F)c2)cc1[C@@H]1C2=C[C@@H](N3CCC(F)(F)C3)C[C@H]21. The third-order valence-corrected chi connectivity index (χ3v) is 6.59. The summed E-state index contributed by atoms with van der Waals surface area (Å²) in [6.07, 6.45) is 4.40. The maximum Gasteiger partial charge on any atom is 0.387 e. The van der Waals surface area contributed by atoms with Gasteiger partial charge in [-0.3, -0.25) is 9.58 Å². The fourth-order valence-electron chi connectivity index (χ4n) is 5.05. The maximum absolute atomic E-state index is 13.6. The summed E-state index contributed by atoms with van der Waals surface area (Å²) in [4.78, 5) is 5.85. The lowest BCUT2D eigenvalue weighted by atomic mass is 10.1. The van der Waals surface area contributed by atoms with Crippen molar-refractivity contribution in [2.75, 3.05) is 18.8 Å². The molecule has 3 heterocycles. The molecule has 0 spiro atoms. The summed E-state index contributed by atoms with van der Waals surface area (Å²) in [6, 6.07) is 3.53. The first-order valence-corrected chi connectivity index (χ1v) is 10.8. The fraction of sp³-hybridized carbons (Fsp3) is 0.545. The number of allylic oxidation sites excluding steroid dienone is 1. The molecule has 6 nitrogen and oxygen atoms in total. The van der Waals surface area contributed by atoms with Gasteiger partial charge in [0.25, 0.3) is 5.92 Å². The van der Waals surface area contributed by atoms with Crippen LogP contribution in [0.4, 0.5) is 23.4 Å². The van der Waals surface area contributed by atoms with Crippen molar-refractivity contribution in [3.8, 4) is 17.0 Å². The predicted molar refractivity (Wildman–Crippen MR) is 111 cm³/mol. The Morgan fingerprint density at radius 1 is 1.25 bits per heavy atom. The Balaban J connectivity index is 1.40. The van der Waals surface area contributed by atoms with Crippen LogP contribution in [0.5, 0.6) is 5.75 Å². The van der Waals surface area contributed by atoms with Gasteiger partial charge in [-0.2, -0.15) is 13.9 Å². The van der Waals surface area contributed by atoms with Gasteiger partial charge >= 0.3 is 6.61 Å². The number of anilines is 1. The number of hydrogen-bond donors (Lipinski definition) is 1. The highest BCUT2D eigenvalue weighted by molar-refractivity contribution is 5.65. The molecule has 0 aromatic carbocycles. The van der Waals surface area contributed by atoms with E-state index in [9.17, 15) is 17.6 Å². The first-order valence-electron chi connectivity index (χ1n) is 10.8. The number of aromatic nitrogens is 3. The lowest BCUT2D eigenvalue weighted by molar-refractivity contribution is -0.0494. The molecule has 3 aliphatic rings.